The molecule has 1 amide bonds. The molecule has 3 aromatic rings. The van der Waals surface area contributed by atoms with Crippen LogP contribution in [0.4, 0.5) is 0 Å². The van der Waals surface area contributed by atoms with Crippen LogP contribution in [0.1, 0.15) is 5.56 Å². The molecule has 0 atom stereocenters. The second-order valence-electron chi connectivity index (χ2n) is 5.52. The minimum Gasteiger partial charge on any atom is -0.354 e. The first-order valence-corrected chi connectivity index (χ1v) is 8.45. The lowest BCUT2D eigenvalue weighted by molar-refractivity contribution is -0.121. The van der Waals surface area contributed by atoms with Gasteiger partial charge in [0.15, 0.2) is 0 Å². The zero-order valence-corrected chi connectivity index (χ0v) is 14.7. The number of hydrogen-bond acceptors (Lipinski definition) is 3. The highest BCUT2D eigenvalue weighted by Gasteiger charge is 2.08. The highest BCUT2D eigenvalue weighted by atomic mass is 35.5. The Morgan fingerprint density at radius 1 is 1.16 bits per heavy atom. The second-order valence-corrected chi connectivity index (χ2v) is 6.36. The van der Waals surface area contributed by atoms with Crippen molar-refractivity contribution in [2.24, 2.45) is 0 Å². The third-order valence-corrected chi connectivity index (χ3v) is 4.37. The van der Waals surface area contributed by atoms with Crippen molar-refractivity contribution in [2.75, 3.05) is 6.54 Å². The summed E-state index contributed by atoms with van der Waals surface area (Å²) in [4.78, 5) is 24.0. The number of nitrogens with one attached hydrogen (secondary N) is 1. The molecule has 0 saturated heterocycles. The van der Waals surface area contributed by atoms with Gasteiger partial charge in [0.25, 0.3) is 0 Å². The molecule has 0 unspecified atom stereocenters. The van der Waals surface area contributed by atoms with E-state index in [-0.39, 0.29) is 17.9 Å². The summed E-state index contributed by atoms with van der Waals surface area (Å²) < 4.78 is 1.52. The van der Waals surface area contributed by atoms with E-state index in [1.165, 1.54) is 10.9 Å². The van der Waals surface area contributed by atoms with Crippen LogP contribution in [0.2, 0.25) is 10.0 Å². The van der Waals surface area contributed by atoms with Crippen LogP contribution >= 0.6 is 23.2 Å². The Balaban J connectivity index is 1.63. The maximum absolute atomic E-state index is 12.2. The van der Waals surface area contributed by atoms with Crippen molar-refractivity contribution in [2.45, 2.75) is 13.0 Å². The number of para-hydroxylation sites is 1. The molecular formula is C18H15Cl2N3O2. The van der Waals surface area contributed by atoms with Crippen molar-refractivity contribution in [3.8, 4) is 0 Å². The van der Waals surface area contributed by atoms with Crippen LogP contribution in [0.5, 0.6) is 0 Å². The normalized spacial score (nSPS) is 10.8. The van der Waals surface area contributed by atoms with Gasteiger partial charge in [-0.05, 0) is 36.2 Å². The number of nitrogens with zero attached hydrogens (tertiary/aromatic N) is 2. The number of fused-ring (bicyclic) bond motifs is 1. The molecule has 0 saturated carbocycles. The standard InChI is InChI=1S/C18H15Cl2N3O2/c19-13-6-5-12(15(20)9-13)7-8-21-18(25)11-23-16-4-2-1-3-14(16)17(24)10-22-23/h1-6,9-10H,7-8,11H2,(H,21,25). The summed E-state index contributed by atoms with van der Waals surface area (Å²) in [5.41, 5.74) is 1.38. The molecule has 1 N–H and O–H groups in total. The van der Waals surface area contributed by atoms with Gasteiger partial charge in [-0.2, -0.15) is 5.10 Å². The summed E-state index contributed by atoms with van der Waals surface area (Å²) >= 11 is 12.0. The molecule has 7 heteroatoms. The van der Waals surface area contributed by atoms with Crippen LogP contribution in [-0.4, -0.2) is 22.2 Å². The molecule has 0 aliphatic heterocycles. The SMILES string of the molecule is O=C(Cn1ncc(=O)c2ccccc21)NCCc1ccc(Cl)cc1Cl. The summed E-state index contributed by atoms with van der Waals surface area (Å²) in [6, 6.07) is 12.4. The van der Waals surface area contributed by atoms with Crippen LogP contribution in [0.3, 0.4) is 0 Å². The topological polar surface area (TPSA) is 64.0 Å². The first kappa shape index (κ1) is 17.5. The van der Waals surface area contributed by atoms with Crippen molar-refractivity contribution >= 4 is 40.0 Å². The van der Waals surface area contributed by atoms with Gasteiger partial charge >= 0.3 is 0 Å². The van der Waals surface area contributed by atoms with Gasteiger partial charge in [0.2, 0.25) is 11.3 Å². The molecule has 0 spiro atoms. The Labute approximate surface area is 154 Å². The highest BCUT2D eigenvalue weighted by molar-refractivity contribution is 6.35. The lowest BCUT2D eigenvalue weighted by Gasteiger charge is -2.10. The zero-order chi connectivity index (χ0) is 17.8. The zero-order valence-electron chi connectivity index (χ0n) is 13.2. The number of halogens is 2. The van der Waals surface area contributed by atoms with Crippen LogP contribution in [0.15, 0.2) is 53.5 Å². The van der Waals surface area contributed by atoms with Gasteiger partial charge in [0.05, 0.1) is 11.7 Å². The van der Waals surface area contributed by atoms with Gasteiger partial charge in [0.1, 0.15) is 6.54 Å². The van der Waals surface area contributed by atoms with Crippen molar-refractivity contribution in [3.63, 3.8) is 0 Å². The number of hydrogen-bond donors (Lipinski definition) is 1. The smallest absolute Gasteiger partial charge is 0.241 e. The molecule has 1 heterocycles. The molecule has 1 aromatic heterocycles. The molecule has 0 bridgehead atoms. The number of benzene rings is 2. The molecule has 0 fully saturated rings. The predicted octanol–water partition coefficient (Wildman–Crippen LogP) is 3.06. The molecule has 5 nitrogen and oxygen atoms in total. The Morgan fingerprint density at radius 3 is 2.76 bits per heavy atom. The summed E-state index contributed by atoms with van der Waals surface area (Å²) in [7, 11) is 0. The maximum Gasteiger partial charge on any atom is 0.241 e. The highest BCUT2D eigenvalue weighted by Crippen LogP contribution is 2.21. The molecule has 0 aliphatic carbocycles. The summed E-state index contributed by atoms with van der Waals surface area (Å²) in [6.07, 6.45) is 1.82. The average Bonchev–Trinajstić information content (AvgIpc) is 2.60. The minimum atomic E-state index is -0.189. The van der Waals surface area contributed by atoms with Crippen LogP contribution in [0, 0.1) is 0 Å². The summed E-state index contributed by atoms with van der Waals surface area (Å²) in [5.74, 6) is -0.189. The van der Waals surface area contributed by atoms with Gasteiger partial charge in [-0.25, -0.2) is 0 Å². The molecule has 0 aliphatic rings. The van der Waals surface area contributed by atoms with E-state index >= 15 is 0 Å². The average molecular weight is 376 g/mol. The Morgan fingerprint density at radius 2 is 1.96 bits per heavy atom. The van der Waals surface area contributed by atoms with E-state index in [1.54, 1.807) is 36.4 Å². The number of carbonyl (C=O) groups excluding carboxylic acids is 1. The van der Waals surface area contributed by atoms with Crippen molar-refractivity contribution in [3.05, 3.63) is 74.5 Å². The Bertz CT molecular complexity index is 985. The molecular weight excluding hydrogens is 361 g/mol. The number of amides is 1. The Hall–Kier alpha value is -2.37. The first-order chi connectivity index (χ1) is 12.0. The largest absolute Gasteiger partial charge is 0.354 e. The molecule has 128 valence electrons. The van der Waals surface area contributed by atoms with E-state index in [4.69, 9.17) is 23.2 Å². The van der Waals surface area contributed by atoms with Crippen LogP contribution in [-0.2, 0) is 17.8 Å². The lowest BCUT2D eigenvalue weighted by atomic mass is 10.1. The van der Waals surface area contributed by atoms with Gasteiger partial charge in [-0.3, -0.25) is 14.3 Å². The lowest BCUT2D eigenvalue weighted by Crippen LogP contribution is -2.30. The van der Waals surface area contributed by atoms with E-state index in [2.05, 4.69) is 10.4 Å². The predicted molar refractivity (Wildman–Crippen MR) is 99.2 cm³/mol. The monoisotopic (exact) mass is 375 g/mol. The molecule has 3 rings (SSSR count). The second kappa shape index (κ2) is 7.68. The first-order valence-electron chi connectivity index (χ1n) is 7.70. The molecule has 25 heavy (non-hydrogen) atoms. The van der Waals surface area contributed by atoms with Crippen molar-refractivity contribution in [1.82, 2.24) is 15.1 Å². The van der Waals surface area contributed by atoms with Gasteiger partial charge in [0, 0.05) is 22.0 Å². The number of carbonyl (C=O) groups is 1. The van der Waals surface area contributed by atoms with Crippen LogP contribution in [0.25, 0.3) is 10.9 Å². The third kappa shape index (κ3) is 4.18. The van der Waals surface area contributed by atoms with E-state index in [0.29, 0.717) is 33.9 Å². The van der Waals surface area contributed by atoms with Crippen molar-refractivity contribution < 1.29 is 4.79 Å². The minimum absolute atomic E-state index is 0.0368. The Kier molecular flexibility index (Phi) is 5.36. The van der Waals surface area contributed by atoms with Gasteiger partial charge in [-0.15, -0.1) is 0 Å². The van der Waals surface area contributed by atoms with Gasteiger partial charge in [-0.1, -0.05) is 41.4 Å². The van der Waals surface area contributed by atoms with Crippen molar-refractivity contribution in [1.29, 1.82) is 0 Å². The van der Waals surface area contributed by atoms with Gasteiger partial charge < -0.3 is 5.32 Å². The maximum atomic E-state index is 12.2. The van der Waals surface area contributed by atoms with E-state index in [1.807, 2.05) is 6.07 Å². The molecule has 0 radical (unpaired) electrons. The van der Waals surface area contributed by atoms with E-state index in [0.717, 1.165) is 5.56 Å². The quantitative estimate of drug-likeness (QED) is 0.745. The van der Waals surface area contributed by atoms with E-state index in [9.17, 15) is 9.59 Å². The molecule has 2 aromatic carbocycles. The number of rotatable bonds is 5. The third-order valence-electron chi connectivity index (χ3n) is 3.79. The van der Waals surface area contributed by atoms with Crippen LogP contribution < -0.4 is 10.7 Å². The van der Waals surface area contributed by atoms with E-state index < -0.39 is 0 Å². The summed E-state index contributed by atoms with van der Waals surface area (Å²) in [5, 5.41) is 8.57. The number of aromatic nitrogens is 2. The fraction of sp³-hybridized carbons (Fsp3) is 0.167. The fourth-order valence-corrected chi connectivity index (χ4v) is 3.04. The fourth-order valence-electron chi connectivity index (χ4n) is 2.54. The summed E-state index contributed by atoms with van der Waals surface area (Å²) in [6.45, 7) is 0.480.